The van der Waals surface area contributed by atoms with E-state index in [1.165, 1.54) is 6.39 Å². The molecule has 0 aromatic carbocycles. The Morgan fingerprint density at radius 1 is 1.47 bits per heavy atom. The summed E-state index contributed by atoms with van der Waals surface area (Å²) in [5, 5.41) is 7.10. The van der Waals surface area contributed by atoms with Crippen LogP contribution >= 0.6 is 0 Å². The molecule has 0 radical (unpaired) electrons. The maximum atomic E-state index is 5.53. The van der Waals surface area contributed by atoms with Crippen molar-refractivity contribution in [2.75, 3.05) is 19.7 Å². The number of nitrogens with zero attached hydrogens (tertiary/aromatic N) is 3. The Balaban J connectivity index is 1.85. The van der Waals surface area contributed by atoms with Gasteiger partial charge in [0.15, 0.2) is 6.39 Å². The molecule has 1 unspecified atom stereocenters. The van der Waals surface area contributed by atoms with Crippen LogP contribution in [0.5, 0.6) is 0 Å². The van der Waals surface area contributed by atoms with Gasteiger partial charge in [-0.2, -0.15) is 4.98 Å². The van der Waals surface area contributed by atoms with Gasteiger partial charge in [-0.3, -0.25) is 0 Å². The molecule has 90 valence electrons. The van der Waals surface area contributed by atoms with E-state index < -0.39 is 0 Å². The van der Waals surface area contributed by atoms with E-state index in [1.807, 2.05) is 6.92 Å². The molecule has 1 N–H and O–H groups in total. The molecule has 1 aliphatic rings. The van der Waals surface area contributed by atoms with Crippen LogP contribution in [0.25, 0.3) is 11.7 Å². The number of rotatable bonds is 2. The quantitative estimate of drug-likeness (QED) is 0.820. The Morgan fingerprint density at radius 2 is 2.41 bits per heavy atom. The fraction of sp³-hybridized carbons (Fsp3) is 0.500. The Hall–Kier alpha value is -1.73. The highest BCUT2D eigenvalue weighted by molar-refractivity contribution is 5.46. The minimum atomic E-state index is -0.163. The number of morpholine rings is 1. The first-order valence-electron chi connectivity index (χ1n) is 5.41. The van der Waals surface area contributed by atoms with Gasteiger partial charge in [-0.05, 0) is 6.92 Å². The van der Waals surface area contributed by atoms with Gasteiger partial charge >= 0.3 is 0 Å². The lowest BCUT2D eigenvalue weighted by Gasteiger charge is -2.20. The van der Waals surface area contributed by atoms with Gasteiger partial charge in [-0.15, -0.1) is 0 Å². The molecule has 2 aromatic heterocycles. The van der Waals surface area contributed by atoms with Gasteiger partial charge in [0, 0.05) is 13.1 Å². The Morgan fingerprint density at radius 3 is 3.12 bits per heavy atom. The van der Waals surface area contributed by atoms with Crippen LogP contribution < -0.4 is 5.32 Å². The second-order valence-electron chi connectivity index (χ2n) is 3.79. The van der Waals surface area contributed by atoms with E-state index >= 15 is 0 Å². The highest BCUT2D eigenvalue weighted by Crippen LogP contribution is 2.23. The van der Waals surface area contributed by atoms with E-state index in [4.69, 9.17) is 13.7 Å². The predicted octanol–water partition coefficient (Wildman–Crippen LogP) is 0.694. The molecule has 7 heteroatoms. The van der Waals surface area contributed by atoms with Gasteiger partial charge in [-0.1, -0.05) is 5.16 Å². The monoisotopic (exact) mass is 236 g/mol. The zero-order valence-corrected chi connectivity index (χ0v) is 9.34. The van der Waals surface area contributed by atoms with Crippen molar-refractivity contribution in [3.63, 3.8) is 0 Å². The highest BCUT2D eigenvalue weighted by atomic mass is 16.5. The summed E-state index contributed by atoms with van der Waals surface area (Å²) < 4.78 is 15.9. The van der Waals surface area contributed by atoms with Crippen LogP contribution in [0.1, 0.15) is 17.6 Å². The molecule has 2 aromatic rings. The topological polar surface area (TPSA) is 86.2 Å². The van der Waals surface area contributed by atoms with E-state index in [0.29, 0.717) is 30.6 Å². The zero-order valence-electron chi connectivity index (χ0n) is 9.34. The van der Waals surface area contributed by atoms with Crippen LogP contribution in [0.3, 0.4) is 0 Å². The first-order valence-corrected chi connectivity index (χ1v) is 5.41. The van der Waals surface area contributed by atoms with Gasteiger partial charge < -0.3 is 19.0 Å². The number of oxazole rings is 1. The Labute approximate surface area is 97.2 Å². The van der Waals surface area contributed by atoms with E-state index in [0.717, 1.165) is 12.2 Å². The lowest BCUT2D eigenvalue weighted by molar-refractivity contribution is 0.0208. The predicted molar refractivity (Wildman–Crippen MR) is 56.1 cm³/mol. The van der Waals surface area contributed by atoms with Crippen molar-refractivity contribution in [2.24, 2.45) is 0 Å². The summed E-state index contributed by atoms with van der Waals surface area (Å²) in [5.74, 6) is 1.37. The van der Waals surface area contributed by atoms with Gasteiger partial charge in [0.1, 0.15) is 6.10 Å². The Kier molecular flexibility index (Phi) is 2.62. The molecular formula is C10H12N4O3. The third kappa shape index (κ3) is 1.94. The van der Waals surface area contributed by atoms with Crippen molar-refractivity contribution in [3.8, 4) is 11.7 Å². The largest absolute Gasteiger partial charge is 0.438 e. The zero-order chi connectivity index (χ0) is 11.7. The van der Waals surface area contributed by atoms with E-state index in [-0.39, 0.29) is 6.10 Å². The summed E-state index contributed by atoms with van der Waals surface area (Å²) >= 11 is 0. The number of hydrogen-bond acceptors (Lipinski definition) is 7. The lowest BCUT2D eigenvalue weighted by Crippen LogP contribution is -2.33. The average molecular weight is 236 g/mol. The number of nitrogens with one attached hydrogen (secondary N) is 1. The lowest BCUT2D eigenvalue weighted by atomic mass is 10.3. The van der Waals surface area contributed by atoms with Gasteiger partial charge in [0.25, 0.3) is 5.89 Å². The fourth-order valence-corrected chi connectivity index (χ4v) is 1.70. The molecule has 1 atom stereocenters. The van der Waals surface area contributed by atoms with Crippen LogP contribution in [0.2, 0.25) is 0 Å². The van der Waals surface area contributed by atoms with E-state index in [9.17, 15) is 0 Å². The first kappa shape index (κ1) is 10.4. The minimum absolute atomic E-state index is 0.163. The summed E-state index contributed by atoms with van der Waals surface area (Å²) in [6.07, 6.45) is 1.19. The van der Waals surface area contributed by atoms with E-state index in [1.54, 1.807) is 0 Å². The first-order chi connectivity index (χ1) is 8.34. The number of hydrogen-bond donors (Lipinski definition) is 1. The molecule has 0 saturated carbocycles. The summed E-state index contributed by atoms with van der Waals surface area (Å²) in [6.45, 7) is 4.01. The van der Waals surface area contributed by atoms with Crippen molar-refractivity contribution >= 4 is 0 Å². The van der Waals surface area contributed by atoms with Gasteiger partial charge in [0.05, 0.1) is 12.3 Å². The molecular weight excluding hydrogens is 224 g/mol. The normalized spacial score (nSPS) is 20.6. The third-order valence-corrected chi connectivity index (χ3v) is 2.60. The number of aromatic nitrogens is 3. The molecule has 1 saturated heterocycles. The van der Waals surface area contributed by atoms with Crippen molar-refractivity contribution in [1.29, 1.82) is 0 Å². The molecule has 1 aliphatic heterocycles. The third-order valence-electron chi connectivity index (χ3n) is 2.60. The molecule has 17 heavy (non-hydrogen) atoms. The maximum Gasteiger partial charge on any atom is 0.295 e. The van der Waals surface area contributed by atoms with Crippen LogP contribution in [0.15, 0.2) is 15.3 Å². The SMILES string of the molecule is Cc1ncoc1-c1nc(C2CNCCO2)no1. The molecule has 1 fully saturated rings. The molecule has 3 heterocycles. The van der Waals surface area contributed by atoms with Crippen molar-refractivity contribution in [3.05, 3.63) is 17.9 Å². The van der Waals surface area contributed by atoms with Crippen LogP contribution in [-0.4, -0.2) is 34.8 Å². The minimum Gasteiger partial charge on any atom is -0.438 e. The summed E-state index contributed by atoms with van der Waals surface area (Å²) in [6, 6.07) is 0. The van der Waals surface area contributed by atoms with Crippen LogP contribution in [0, 0.1) is 6.92 Å². The molecule has 0 aliphatic carbocycles. The summed E-state index contributed by atoms with van der Waals surface area (Å²) in [5.41, 5.74) is 0.725. The van der Waals surface area contributed by atoms with Crippen molar-refractivity contribution < 1.29 is 13.7 Å². The second-order valence-corrected chi connectivity index (χ2v) is 3.79. The van der Waals surface area contributed by atoms with Crippen molar-refractivity contribution in [1.82, 2.24) is 20.4 Å². The number of ether oxygens (including phenoxy) is 1. The average Bonchev–Trinajstić information content (AvgIpc) is 2.98. The molecule has 0 spiro atoms. The van der Waals surface area contributed by atoms with Gasteiger partial charge in [-0.25, -0.2) is 4.98 Å². The van der Waals surface area contributed by atoms with Gasteiger partial charge in [0.2, 0.25) is 11.6 Å². The van der Waals surface area contributed by atoms with Crippen LogP contribution in [-0.2, 0) is 4.74 Å². The summed E-state index contributed by atoms with van der Waals surface area (Å²) in [4.78, 5) is 8.24. The second kappa shape index (κ2) is 4.27. The van der Waals surface area contributed by atoms with Crippen molar-refractivity contribution in [2.45, 2.75) is 13.0 Å². The molecule has 7 nitrogen and oxygen atoms in total. The van der Waals surface area contributed by atoms with E-state index in [2.05, 4.69) is 20.4 Å². The summed E-state index contributed by atoms with van der Waals surface area (Å²) in [7, 11) is 0. The smallest absolute Gasteiger partial charge is 0.295 e. The molecule has 0 bridgehead atoms. The standard InChI is InChI=1S/C10H12N4O3/c1-6-8(16-5-12-6)10-13-9(14-17-10)7-4-11-2-3-15-7/h5,7,11H,2-4H2,1H3. The number of aryl methyl sites for hydroxylation is 1. The van der Waals surface area contributed by atoms with Crippen LogP contribution in [0.4, 0.5) is 0 Å². The molecule has 3 rings (SSSR count). The highest BCUT2D eigenvalue weighted by Gasteiger charge is 2.23. The Bertz CT molecular complexity index is 501. The maximum absolute atomic E-state index is 5.53. The molecule has 0 amide bonds. The fourth-order valence-electron chi connectivity index (χ4n) is 1.70.